The number of aliphatic hydroxyl groups excluding tert-OH is 2. The first-order chi connectivity index (χ1) is 36.2. The lowest BCUT2D eigenvalue weighted by Crippen LogP contribution is -2.63. The minimum Gasteiger partial charge on any atom is -0.394 e. The third-order valence-corrected chi connectivity index (χ3v) is 11.3. The number of aliphatic hydroxyl groups is 2. The maximum atomic E-state index is 14.1. The molecule has 0 aromatic carbocycles. The lowest BCUT2D eigenvalue weighted by molar-refractivity contribution is -0.137. The molecule has 0 saturated heterocycles. The molecule has 9 atom stereocenters. The Morgan fingerprint density at radius 3 is 1.60 bits per heavy atom. The van der Waals surface area contributed by atoms with Crippen molar-refractivity contribution >= 4 is 71.0 Å². The van der Waals surface area contributed by atoms with Gasteiger partial charge in [0.05, 0.1) is 38.5 Å². The second-order valence-corrected chi connectivity index (χ2v) is 18.4. The number of guanidine groups is 3. The number of nitrogens with one attached hydrogen (secondary N) is 8. The molecule has 1 rings (SSSR count). The monoisotopic (exact) mass is 1090 g/mol. The summed E-state index contributed by atoms with van der Waals surface area (Å²) < 4.78 is 1.31. The molecule has 0 fully saturated rings. The Labute approximate surface area is 445 Å². The second-order valence-electron chi connectivity index (χ2n) is 18.4. The average molecular weight is 1100 g/mol. The number of carbonyl (C=O) groups is 9. The Bertz CT molecular complexity index is 2190. The maximum Gasteiger partial charge on any atom is 0.274 e. The summed E-state index contributed by atoms with van der Waals surface area (Å²) in [4.78, 5) is 131. The van der Waals surface area contributed by atoms with E-state index in [1.54, 1.807) is 27.7 Å². The highest BCUT2D eigenvalue weighted by molar-refractivity contribution is 5.99. The van der Waals surface area contributed by atoms with E-state index in [2.05, 4.69) is 67.8 Å². The highest BCUT2D eigenvalue weighted by Gasteiger charge is 2.37. The quantitative estimate of drug-likeness (QED) is 0.0167. The molecule has 26 N–H and O–H groups in total. The number of aromatic nitrogens is 3. The zero-order chi connectivity index (χ0) is 58.4. The number of nitrogens with two attached hydrogens (primary N) is 8. The standard InChI is InChI=1S/C44H82N22O11/c1-6-23(4)33(40(76)61-30(21-67)39(75)58-26(11-8-14-54-43(49)50)35(71)56-18-31(46)69)62-41(77)34(24(5)68)63-37(73)28(16-22(2)3)60-36(72)27(12-9-15-55-44(51)52)59-38(74)29-20-66(65-64-29)19-25(57-32(70)17-45)10-7-13-53-42(47)48/h20,22-28,30,33-34,67-68H,6-19,21,45H2,1-5H3,(H2,46,69)(H,56,71)(H,57,70)(H,58,75)(H,59,74)(H,60,72)(H,61,76)(H,62,77)(H,63,73)(H4,47,48,53)(H4,49,50,54)(H4,51,52,55)/t23-,24+,25-,26-,27-,28-,30-,33-,34-/m0/s1. The molecule has 1 heterocycles. The summed E-state index contributed by atoms with van der Waals surface area (Å²) >= 11 is 0. The van der Waals surface area contributed by atoms with Crippen molar-refractivity contribution in [3.8, 4) is 0 Å². The minimum atomic E-state index is -1.73. The summed E-state index contributed by atoms with van der Waals surface area (Å²) in [5.74, 6) is -9.16. The lowest BCUT2D eigenvalue weighted by Gasteiger charge is -2.30. The van der Waals surface area contributed by atoms with Crippen LogP contribution in [-0.2, 0) is 44.9 Å². The zero-order valence-electron chi connectivity index (χ0n) is 44.3. The molecule has 434 valence electrons. The van der Waals surface area contributed by atoms with Crippen LogP contribution in [0.15, 0.2) is 21.2 Å². The van der Waals surface area contributed by atoms with Crippen LogP contribution in [0.25, 0.3) is 0 Å². The Balaban J connectivity index is 3.37. The van der Waals surface area contributed by atoms with Crippen LogP contribution in [0.3, 0.4) is 0 Å². The summed E-state index contributed by atoms with van der Waals surface area (Å²) in [6, 6.07) is -9.35. The molecule has 1 aromatic rings. The Kier molecular flexibility index (Phi) is 30.8. The minimum absolute atomic E-state index is 0.00499. The predicted octanol–water partition coefficient (Wildman–Crippen LogP) is -8.53. The van der Waals surface area contributed by atoms with Crippen LogP contribution >= 0.6 is 0 Å². The molecule has 0 unspecified atom stereocenters. The van der Waals surface area contributed by atoms with Gasteiger partial charge in [0.2, 0.25) is 47.3 Å². The van der Waals surface area contributed by atoms with Gasteiger partial charge < -0.3 is 98.6 Å². The highest BCUT2D eigenvalue weighted by Crippen LogP contribution is 2.13. The van der Waals surface area contributed by atoms with E-state index in [4.69, 9.17) is 45.9 Å². The SMILES string of the molecule is CC[C@H](C)[C@H](NC(=O)[C@@H](NC(=O)[C@H](CC(C)C)NC(=O)[C@H](CCCN=C(N)N)NC(=O)c1cn(C[C@H](CCCN=C(N)N)NC(=O)CN)nn1)[C@@H](C)O)C(=O)N[C@@H](CO)C(=O)N[C@@H](CCCN=C(N)N)C(=O)NCC(N)=O. The van der Waals surface area contributed by atoms with E-state index < -0.39 is 121 Å². The number of amides is 9. The van der Waals surface area contributed by atoms with E-state index >= 15 is 0 Å². The zero-order valence-corrected chi connectivity index (χ0v) is 44.3. The van der Waals surface area contributed by atoms with Gasteiger partial charge in [0.1, 0.15) is 36.3 Å². The van der Waals surface area contributed by atoms with Crippen molar-refractivity contribution in [1.29, 1.82) is 0 Å². The van der Waals surface area contributed by atoms with Crippen molar-refractivity contribution in [3.63, 3.8) is 0 Å². The summed E-state index contributed by atoms with van der Waals surface area (Å²) in [6.45, 7) is 6.67. The van der Waals surface area contributed by atoms with Crippen LogP contribution in [0.2, 0.25) is 0 Å². The Morgan fingerprint density at radius 1 is 0.623 bits per heavy atom. The normalized spacial score (nSPS) is 14.5. The molecule has 1 aromatic heterocycles. The maximum absolute atomic E-state index is 14.1. The van der Waals surface area contributed by atoms with Crippen LogP contribution in [0.5, 0.6) is 0 Å². The van der Waals surface area contributed by atoms with Crippen LogP contribution in [0, 0.1) is 11.8 Å². The lowest BCUT2D eigenvalue weighted by atomic mass is 9.97. The first kappa shape index (κ1) is 67.1. The van der Waals surface area contributed by atoms with Gasteiger partial charge in [-0.15, -0.1) is 5.10 Å². The van der Waals surface area contributed by atoms with Gasteiger partial charge in [-0.25, -0.2) is 4.68 Å². The third kappa shape index (κ3) is 26.9. The van der Waals surface area contributed by atoms with Gasteiger partial charge in [0, 0.05) is 25.7 Å². The smallest absolute Gasteiger partial charge is 0.274 e. The fourth-order valence-corrected chi connectivity index (χ4v) is 7.14. The van der Waals surface area contributed by atoms with Gasteiger partial charge in [-0.3, -0.25) is 58.1 Å². The molecule has 33 heteroatoms. The molecule has 0 saturated carbocycles. The van der Waals surface area contributed by atoms with Crippen molar-refractivity contribution in [3.05, 3.63) is 11.9 Å². The molecule has 0 bridgehead atoms. The molecule has 9 amide bonds. The predicted molar refractivity (Wildman–Crippen MR) is 282 cm³/mol. The number of nitrogens with zero attached hydrogens (tertiary/aromatic N) is 6. The van der Waals surface area contributed by atoms with Crippen molar-refractivity contribution in [1.82, 2.24) is 57.5 Å². The topological polar surface area (TPSA) is 566 Å². The number of hydrogen-bond acceptors (Lipinski definition) is 17. The fourth-order valence-electron chi connectivity index (χ4n) is 7.14. The molecule has 33 nitrogen and oxygen atoms in total. The fraction of sp³-hybridized carbons (Fsp3) is 0.682. The second kappa shape index (κ2) is 35.3. The van der Waals surface area contributed by atoms with Crippen LogP contribution in [0.1, 0.15) is 96.5 Å². The molecule has 0 aliphatic heterocycles. The van der Waals surface area contributed by atoms with Gasteiger partial charge in [-0.05, 0) is 63.7 Å². The van der Waals surface area contributed by atoms with Crippen LogP contribution < -0.4 is 88.4 Å². The average Bonchev–Trinajstić information content (AvgIpc) is 3.83. The molecule has 0 aliphatic rings. The third-order valence-electron chi connectivity index (χ3n) is 11.3. The summed E-state index contributed by atoms with van der Waals surface area (Å²) in [5, 5.41) is 49.0. The van der Waals surface area contributed by atoms with Crippen LogP contribution in [0.4, 0.5) is 0 Å². The number of aliphatic imine (C=N–C) groups is 3. The van der Waals surface area contributed by atoms with E-state index in [1.165, 1.54) is 17.8 Å². The molecule has 0 spiro atoms. The van der Waals surface area contributed by atoms with Crippen molar-refractivity contribution in [2.24, 2.45) is 72.7 Å². The van der Waals surface area contributed by atoms with E-state index in [9.17, 15) is 53.4 Å². The summed E-state index contributed by atoms with van der Waals surface area (Å²) in [7, 11) is 0. The van der Waals surface area contributed by atoms with E-state index in [1.807, 2.05) is 0 Å². The van der Waals surface area contributed by atoms with E-state index in [0.29, 0.717) is 12.8 Å². The molecular weight excluding hydrogens is 1010 g/mol. The van der Waals surface area contributed by atoms with Crippen molar-refractivity contribution < 1.29 is 53.4 Å². The molecule has 77 heavy (non-hydrogen) atoms. The largest absolute Gasteiger partial charge is 0.394 e. The van der Waals surface area contributed by atoms with E-state index in [-0.39, 0.29) is 101 Å². The summed E-state index contributed by atoms with van der Waals surface area (Å²) in [6.07, 6.45) is 1.11. The molecule has 0 aliphatic carbocycles. The highest BCUT2D eigenvalue weighted by atomic mass is 16.3. The van der Waals surface area contributed by atoms with Gasteiger partial charge in [0.15, 0.2) is 23.6 Å². The first-order valence-electron chi connectivity index (χ1n) is 25.0. The Hall–Kier alpha value is -7.94. The van der Waals surface area contributed by atoms with Crippen molar-refractivity contribution in [2.75, 3.05) is 39.3 Å². The number of primary amides is 1. The number of rotatable bonds is 37. The first-order valence-corrected chi connectivity index (χ1v) is 25.0. The van der Waals surface area contributed by atoms with Gasteiger partial charge in [0.25, 0.3) is 5.91 Å². The van der Waals surface area contributed by atoms with Gasteiger partial charge in [-0.2, -0.15) is 0 Å². The number of carbonyl (C=O) groups excluding carboxylic acids is 9. The summed E-state index contributed by atoms with van der Waals surface area (Å²) in [5.41, 5.74) is 42.9. The van der Waals surface area contributed by atoms with Gasteiger partial charge in [-0.1, -0.05) is 39.3 Å². The van der Waals surface area contributed by atoms with Crippen molar-refractivity contribution in [2.45, 2.75) is 141 Å². The van der Waals surface area contributed by atoms with Crippen LogP contribution in [-0.4, -0.2) is 184 Å². The molecular formula is C44H82N22O11. The molecule has 0 radical (unpaired) electrons. The Morgan fingerprint density at radius 2 is 1.10 bits per heavy atom. The number of hydrogen-bond donors (Lipinski definition) is 18. The van der Waals surface area contributed by atoms with E-state index in [0.717, 1.165) is 0 Å². The van der Waals surface area contributed by atoms with Gasteiger partial charge >= 0.3 is 0 Å².